The molecule has 0 bridgehead atoms. The monoisotopic (exact) mass is 482 g/mol. The Morgan fingerprint density at radius 2 is 1.44 bits per heavy atom. The molecule has 0 radical (unpaired) electrons. The van der Waals surface area contributed by atoms with Gasteiger partial charge in [-0.2, -0.15) is 0 Å². The Balaban J connectivity index is 1.29. The highest BCUT2D eigenvalue weighted by molar-refractivity contribution is 5.83. The maximum Gasteiger partial charge on any atom is 0.148 e. The number of rotatable bonds is 3. The number of H-pyrrole nitrogens is 1. The molecule has 4 nitrogen and oxygen atoms in total. The second-order valence-electron chi connectivity index (χ2n) is 11.7. The summed E-state index contributed by atoms with van der Waals surface area (Å²) in [5.41, 5.74) is 7.63. The van der Waals surface area contributed by atoms with E-state index in [-0.39, 0.29) is 16.6 Å². The summed E-state index contributed by atoms with van der Waals surface area (Å²) in [6.45, 7) is 12.7. The van der Waals surface area contributed by atoms with E-state index in [9.17, 15) is 0 Å². The summed E-state index contributed by atoms with van der Waals surface area (Å²) in [4.78, 5) is 12.8. The lowest BCUT2D eigenvalue weighted by Gasteiger charge is -2.42. The zero-order valence-corrected chi connectivity index (χ0v) is 21.7. The van der Waals surface area contributed by atoms with Crippen molar-refractivity contribution in [1.82, 2.24) is 9.97 Å². The van der Waals surface area contributed by atoms with Crippen LogP contribution in [-0.2, 0) is 10.8 Å². The van der Waals surface area contributed by atoms with E-state index in [1.807, 2.05) is 12.1 Å². The molecule has 5 heteroatoms. The lowest BCUT2D eigenvalue weighted by Crippen LogP contribution is -2.46. The summed E-state index contributed by atoms with van der Waals surface area (Å²) in [5, 5.41) is 0. The number of hydrogen-bond acceptors (Lipinski definition) is 3. The quantitative estimate of drug-likeness (QED) is 0.340. The molecule has 6 rings (SSSR count). The van der Waals surface area contributed by atoms with E-state index < -0.39 is 0 Å². The van der Waals surface area contributed by atoms with E-state index in [2.05, 4.69) is 84.9 Å². The SMILES string of the molecule is CC1(C)CCC(C)(C)c2cc(-c3nc4cc(N5CCN(c6ccccc6)CC5)c(F)cc4[nH]3)ccc21. The number of nitrogens with one attached hydrogen (secondary N) is 1. The molecule has 1 N–H and O–H groups in total. The van der Waals surface area contributed by atoms with E-state index in [0.717, 1.165) is 48.6 Å². The Morgan fingerprint density at radius 3 is 2.17 bits per heavy atom. The second kappa shape index (κ2) is 8.36. The maximum absolute atomic E-state index is 15.2. The number of imidazole rings is 1. The van der Waals surface area contributed by atoms with Crippen LogP contribution in [0.4, 0.5) is 15.8 Å². The van der Waals surface area contributed by atoms with Crippen molar-refractivity contribution in [2.24, 2.45) is 0 Å². The normalized spacial score (nSPS) is 18.9. The van der Waals surface area contributed by atoms with Crippen LogP contribution in [0.5, 0.6) is 0 Å². The molecule has 186 valence electrons. The molecule has 0 unspecified atom stereocenters. The molecule has 2 heterocycles. The number of piperazine rings is 1. The fourth-order valence-corrected chi connectivity index (χ4v) is 5.98. The molecule has 0 saturated carbocycles. The van der Waals surface area contributed by atoms with Crippen LogP contribution >= 0.6 is 0 Å². The van der Waals surface area contributed by atoms with Crippen molar-refractivity contribution in [3.63, 3.8) is 0 Å². The zero-order chi connectivity index (χ0) is 25.1. The van der Waals surface area contributed by atoms with Gasteiger partial charge >= 0.3 is 0 Å². The highest BCUT2D eigenvalue weighted by Gasteiger charge is 2.37. The first-order chi connectivity index (χ1) is 17.2. The average molecular weight is 483 g/mol. The summed E-state index contributed by atoms with van der Waals surface area (Å²) in [6.07, 6.45) is 2.36. The molecule has 3 aromatic carbocycles. The van der Waals surface area contributed by atoms with Gasteiger partial charge in [0.25, 0.3) is 0 Å². The number of fused-ring (bicyclic) bond motifs is 2. The van der Waals surface area contributed by atoms with Crippen molar-refractivity contribution in [2.45, 2.75) is 51.4 Å². The van der Waals surface area contributed by atoms with Crippen LogP contribution in [0, 0.1) is 5.82 Å². The van der Waals surface area contributed by atoms with Crippen molar-refractivity contribution < 1.29 is 4.39 Å². The second-order valence-corrected chi connectivity index (χ2v) is 11.7. The number of hydrogen-bond donors (Lipinski definition) is 1. The first kappa shape index (κ1) is 23.1. The molecule has 1 fully saturated rings. The molecular weight excluding hydrogens is 447 g/mol. The molecule has 0 atom stereocenters. The van der Waals surface area contributed by atoms with Crippen molar-refractivity contribution in [3.8, 4) is 11.4 Å². The van der Waals surface area contributed by atoms with Gasteiger partial charge in [-0.15, -0.1) is 0 Å². The van der Waals surface area contributed by atoms with Crippen LogP contribution in [0.1, 0.15) is 51.7 Å². The lowest BCUT2D eigenvalue weighted by molar-refractivity contribution is 0.332. The molecule has 4 aromatic rings. The molecule has 0 amide bonds. The number of benzene rings is 3. The van der Waals surface area contributed by atoms with Crippen molar-refractivity contribution in [1.29, 1.82) is 0 Å². The first-order valence-electron chi connectivity index (χ1n) is 13.1. The molecule has 1 saturated heterocycles. The summed E-state index contributed by atoms with van der Waals surface area (Å²) < 4.78 is 15.2. The third-order valence-corrected chi connectivity index (χ3v) is 8.42. The molecule has 1 aliphatic heterocycles. The standard InChI is InChI=1S/C31H35FN4/c1-30(2)12-13-31(3,4)24-18-21(10-11-23(24)30)29-33-26-19-25(32)28(20-27(26)34-29)36-16-14-35(15-17-36)22-8-6-5-7-9-22/h5-11,18-20H,12-17H2,1-4H3,(H,33,34). The van der Waals surface area contributed by atoms with E-state index in [1.54, 1.807) is 6.07 Å². The van der Waals surface area contributed by atoms with Gasteiger partial charge in [0.2, 0.25) is 0 Å². The number of halogens is 1. The third kappa shape index (κ3) is 3.95. The van der Waals surface area contributed by atoms with Crippen LogP contribution in [0.15, 0.2) is 60.7 Å². The first-order valence-corrected chi connectivity index (χ1v) is 13.1. The Hall–Kier alpha value is -3.34. The Morgan fingerprint density at radius 1 is 0.778 bits per heavy atom. The van der Waals surface area contributed by atoms with Gasteiger partial charge in [0.15, 0.2) is 0 Å². The Kier molecular flexibility index (Phi) is 5.36. The van der Waals surface area contributed by atoms with Gasteiger partial charge in [-0.05, 0) is 59.1 Å². The fourth-order valence-electron chi connectivity index (χ4n) is 5.98. The number of aromatic amines is 1. The highest BCUT2D eigenvalue weighted by atomic mass is 19.1. The number of nitrogens with zero attached hydrogens (tertiary/aromatic N) is 3. The summed E-state index contributed by atoms with van der Waals surface area (Å²) in [6, 6.07) is 20.7. The van der Waals surface area contributed by atoms with E-state index >= 15 is 4.39 Å². The molecule has 0 spiro atoms. The van der Waals surface area contributed by atoms with Gasteiger partial charge in [-0.3, -0.25) is 0 Å². The summed E-state index contributed by atoms with van der Waals surface area (Å²) in [7, 11) is 0. The molecule has 1 aliphatic carbocycles. The third-order valence-electron chi connectivity index (χ3n) is 8.42. The minimum atomic E-state index is -0.195. The van der Waals surface area contributed by atoms with Gasteiger partial charge in [-0.1, -0.05) is 58.0 Å². The predicted octanol–water partition coefficient (Wildman–Crippen LogP) is 7.04. The van der Waals surface area contributed by atoms with Crippen molar-refractivity contribution in [3.05, 3.63) is 77.6 Å². The van der Waals surface area contributed by atoms with Gasteiger partial charge < -0.3 is 14.8 Å². The minimum Gasteiger partial charge on any atom is -0.368 e. The average Bonchev–Trinajstić information content (AvgIpc) is 3.30. The van der Waals surface area contributed by atoms with E-state index in [4.69, 9.17) is 4.98 Å². The van der Waals surface area contributed by atoms with Gasteiger partial charge in [0, 0.05) is 43.5 Å². The van der Waals surface area contributed by atoms with E-state index in [1.165, 1.54) is 29.7 Å². The minimum absolute atomic E-state index is 0.133. The van der Waals surface area contributed by atoms with Gasteiger partial charge in [0.1, 0.15) is 11.6 Å². The molecular formula is C31H35FN4. The summed E-state index contributed by atoms with van der Waals surface area (Å²) in [5.74, 6) is 0.608. The van der Waals surface area contributed by atoms with E-state index in [0.29, 0.717) is 5.69 Å². The smallest absolute Gasteiger partial charge is 0.148 e. The zero-order valence-electron chi connectivity index (χ0n) is 21.7. The van der Waals surface area contributed by atoms with Crippen LogP contribution < -0.4 is 9.80 Å². The number of para-hydroxylation sites is 1. The Labute approximate surface area is 213 Å². The lowest BCUT2D eigenvalue weighted by atomic mass is 9.63. The summed E-state index contributed by atoms with van der Waals surface area (Å²) >= 11 is 0. The van der Waals surface area contributed by atoms with Crippen LogP contribution in [0.25, 0.3) is 22.4 Å². The fraction of sp³-hybridized carbons (Fsp3) is 0.387. The largest absolute Gasteiger partial charge is 0.368 e. The predicted molar refractivity (Wildman–Crippen MR) is 148 cm³/mol. The van der Waals surface area contributed by atoms with Crippen molar-refractivity contribution in [2.75, 3.05) is 36.0 Å². The van der Waals surface area contributed by atoms with Crippen LogP contribution in [0.3, 0.4) is 0 Å². The van der Waals surface area contributed by atoms with Gasteiger partial charge in [-0.25, -0.2) is 9.37 Å². The molecule has 1 aromatic heterocycles. The van der Waals surface area contributed by atoms with Crippen LogP contribution in [-0.4, -0.2) is 36.1 Å². The number of aromatic nitrogens is 2. The highest BCUT2D eigenvalue weighted by Crippen LogP contribution is 2.46. The topological polar surface area (TPSA) is 35.2 Å². The Bertz CT molecular complexity index is 1410. The molecule has 36 heavy (non-hydrogen) atoms. The van der Waals surface area contributed by atoms with Gasteiger partial charge in [0.05, 0.1) is 16.7 Å². The van der Waals surface area contributed by atoms with Crippen molar-refractivity contribution >= 4 is 22.4 Å². The molecule has 2 aliphatic rings. The maximum atomic E-state index is 15.2. The van der Waals surface area contributed by atoms with Crippen LogP contribution in [0.2, 0.25) is 0 Å². The number of anilines is 2.